The van der Waals surface area contributed by atoms with Gasteiger partial charge in [-0.2, -0.15) is 0 Å². The highest BCUT2D eigenvalue weighted by Gasteiger charge is 2.34. The molecule has 0 unspecified atom stereocenters. The number of hydrogen-bond acceptors (Lipinski definition) is 3. The van der Waals surface area contributed by atoms with Crippen LogP contribution in [-0.2, 0) is 0 Å². The maximum absolute atomic E-state index is 13.8. The molecule has 0 atom stereocenters. The minimum absolute atomic E-state index is 0.128. The Kier molecular flexibility index (Phi) is 8.10. The fourth-order valence-electron chi connectivity index (χ4n) is 4.03. The molecule has 2 aromatic carbocycles. The molecule has 2 aromatic rings. The number of carbonyl (C=O) groups excluding carboxylic acids is 1. The van der Waals surface area contributed by atoms with E-state index in [4.69, 9.17) is 4.74 Å². The van der Waals surface area contributed by atoms with Gasteiger partial charge in [-0.1, -0.05) is 44.1 Å². The van der Waals surface area contributed by atoms with Crippen LogP contribution in [0.2, 0.25) is 0 Å². The highest BCUT2D eigenvalue weighted by molar-refractivity contribution is 5.91. The number of benzene rings is 2. The average molecular weight is 468 g/mol. The summed E-state index contributed by atoms with van der Waals surface area (Å²) in [6, 6.07) is 7.36. The topological polar surface area (TPSA) is 35.5 Å². The van der Waals surface area contributed by atoms with Gasteiger partial charge in [-0.05, 0) is 55.2 Å². The van der Waals surface area contributed by atoms with Gasteiger partial charge in [0.2, 0.25) is 5.75 Å². The van der Waals surface area contributed by atoms with E-state index in [2.05, 4.69) is 17.7 Å². The molecule has 1 saturated carbocycles. The van der Waals surface area contributed by atoms with Gasteiger partial charge in [-0.25, -0.2) is 13.6 Å². The smallest absolute Gasteiger partial charge is 0.423 e. The molecule has 3 nitrogen and oxygen atoms in total. The lowest BCUT2D eigenvalue weighted by Gasteiger charge is -2.26. The van der Waals surface area contributed by atoms with E-state index in [9.17, 15) is 26.7 Å². The van der Waals surface area contributed by atoms with Crippen molar-refractivity contribution in [1.82, 2.24) is 0 Å². The van der Waals surface area contributed by atoms with Gasteiger partial charge in [0.1, 0.15) is 5.75 Å². The molecule has 0 heterocycles. The summed E-state index contributed by atoms with van der Waals surface area (Å²) in [5.41, 5.74) is 1.02. The van der Waals surface area contributed by atoms with E-state index in [-0.39, 0.29) is 5.56 Å². The Labute approximate surface area is 189 Å². The molecule has 0 aromatic heterocycles. The number of rotatable bonds is 7. The fraction of sp³-hybridized carbons (Fsp3) is 0.400. The molecule has 0 N–H and O–H groups in total. The predicted molar refractivity (Wildman–Crippen MR) is 114 cm³/mol. The minimum Gasteiger partial charge on any atom is -0.423 e. The van der Waals surface area contributed by atoms with Crippen molar-refractivity contribution in [3.63, 3.8) is 0 Å². The molecule has 0 amide bonds. The van der Waals surface area contributed by atoms with Gasteiger partial charge in [0.05, 0.1) is 5.56 Å². The lowest BCUT2D eigenvalue weighted by molar-refractivity contribution is -0.276. The maximum Gasteiger partial charge on any atom is 0.573 e. The first-order valence-corrected chi connectivity index (χ1v) is 10.9. The van der Waals surface area contributed by atoms with Crippen LogP contribution in [-0.4, -0.2) is 12.3 Å². The van der Waals surface area contributed by atoms with E-state index in [0.717, 1.165) is 11.5 Å². The quantitative estimate of drug-likeness (QED) is 0.237. The lowest BCUT2D eigenvalue weighted by Crippen LogP contribution is -2.19. The van der Waals surface area contributed by atoms with E-state index in [1.165, 1.54) is 50.7 Å². The molecule has 1 aliphatic carbocycles. The Balaban J connectivity index is 1.58. The minimum atomic E-state index is -5.26. The van der Waals surface area contributed by atoms with Crippen LogP contribution in [0.3, 0.4) is 0 Å². The van der Waals surface area contributed by atoms with E-state index >= 15 is 0 Å². The zero-order valence-corrected chi connectivity index (χ0v) is 18.1. The van der Waals surface area contributed by atoms with Gasteiger partial charge in [-0.3, -0.25) is 0 Å². The Morgan fingerprint density at radius 1 is 1.03 bits per heavy atom. The number of carbonyl (C=O) groups is 1. The van der Waals surface area contributed by atoms with Crippen molar-refractivity contribution in [3.05, 3.63) is 65.2 Å². The first-order chi connectivity index (χ1) is 15.6. The van der Waals surface area contributed by atoms with Crippen molar-refractivity contribution >= 4 is 12.0 Å². The van der Waals surface area contributed by atoms with Crippen molar-refractivity contribution in [2.75, 3.05) is 0 Å². The van der Waals surface area contributed by atoms with Crippen LogP contribution in [0.25, 0.3) is 6.08 Å². The number of ether oxygens (including phenoxy) is 2. The molecular formula is C25H25F5O3. The average Bonchev–Trinajstić information content (AvgIpc) is 2.76. The Bertz CT molecular complexity index is 952. The molecule has 0 radical (unpaired) electrons. The summed E-state index contributed by atoms with van der Waals surface area (Å²) in [5.74, 6) is -5.00. The van der Waals surface area contributed by atoms with Crippen LogP contribution in [0, 0.1) is 23.5 Å². The SMILES string of the molecule is CCCC1CCC(/C=C/c2ccc(C(=O)Oc3cc(F)c(OC(F)(F)F)c(F)c3)cc2)CC1. The molecule has 178 valence electrons. The molecule has 0 bridgehead atoms. The fourth-order valence-corrected chi connectivity index (χ4v) is 4.03. The highest BCUT2D eigenvalue weighted by atomic mass is 19.4. The molecule has 1 aliphatic rings. The van der Waals surface area contributed by atoms with Crippen molar-refractivity contribution < 1.29 is 36.2 Å². The number of hydrogen-bond donors (Lipinski definition) is 0. The highest BCUT2D eigenvalue weighted by Crippen LogP contribution is 2.33. The second-order valence-corrected chi connectivity index (χ2v) is 8.20. The van der Waals surface area contributed by atoms with Gasteiger partial charge in [-0.15, -0.1) is 13.2 Å². The number of halogens is 5. The van der Waals surface area contributed by atoms with E-state index < -0.39 is 35.5 Å². The third-order valence-corrected chi connectivity index (χ3v) is 5.70. The Morgan fingerprint density at radius 2 is 1.64 bits per heavy atom. The molecule has 0 saturated heterocycles. The van der Waals surface area contributed by atoms with Crippen molar-refractivity contribution in [1.29, 1.82) is 0 Å². The van der Waals surface area contributed by atoms with Gasteiger partial charge >= 0.3 is 12.3 Å². The van der Waals surface area contributed by atoms with Crippen LogP contribution in [0.4, 0.5) is 22.0 Å². The van der Waals surface area contributed by atoms with E-state index in [1.54, 1.807) is 12.1 Å². The first-order valence-electron chi connectivity index (χ1n) is 10.9. The van der Waals surface area contributed by atoms with E-state index in [1.807, 2.05) is 6.08 Å². The van der Waals surface area contributed by atoms with Gasteiger partial charge in [0.25, 0.3) is 0 Å². The third-order valence-electron chi connectivity index (χ3n) is 5.70. The van der Waals surface area contributed by atoms with Crippen molar-refractivity contribution in [2.45, 2.75) is 51.8 Å². The largest absolute Gasteiger partial charge is 0.573 e. The number of allylic oxidation sites excluding steroid dienone is 1. The summed E-state index contributed by atoms with van der Waals surface area (Å²) in [4.78, 5) is 12.3. The summed E-state index contributed by atoms with van der Waals surface area (Å²) < 4.78 is 72.4. The standard InChI is InChI=1S/C25H25F5O3/c1-2-3-16-4-6-17(7-5-16)8-9-18-10-12-19(13-11-18)24(31)32-20-14-21(26)23(22(27)15-20)33-25(28,29)30/h8-17H,2-7H2,1H3/b9-8+. The monoisotopic (exact) mass is 468 g/mol. The molecule has 3 rings (SSSR count). The summed E-state index contributed by atoms with van der Waals surface area (Å²) in [6.45, 7) is 2.21. The summed E-state index contributed by atoms with van der Waals surface area (Å²) in [6.07, 6.45) is 6.29. The second kappa shape index (κ2) is 10.8. The summed E-state index contributed by atoms with van der Waals surface area (Å²) in [7, 11) is 0. The normalized spacial score (nSPS) is 19.0. The van der Waals surface area contributed by atoms with Crippen LogP contribution in [0.5, 0.6) is 11.5 Å². The number of esters is 1. The third kappa shape index (κ3) is 7.30. The van der Waals surface area contributed by atoms with Crippen molar-refractivity contribution in [3.8, 4) is 11.5 Å². The van der Waals surface area contributed by atoms with Crippen LogP contribution in [0.15, 0.2) is 42.5 Å². The van der Waals surface area contributed by atoms with Gasteiger partial charge in [0.15, 0.2) is 11.6 Å². The second-order valence-electron chi connectivity index (χ2n) is 8.20. The lowest BCUT2D eigenvalue weighted by atomic mass is 9.80. The molecule has 0 aliphatic heterocycles. The Morgan fingerprint density at radius 3 is 2.18 bits per heavy atom. The maximum atomic E-state index is 13.8. The molecule has 0 spiro atoms. The Hall–Kier alpha value is -2.90. The number of alkyl halides is 3. The van der Waals surface area contributed by atoms with Crippen LogP contribution >= 0.6 is 0 Å². The van der Waals surface area contributed by atoms with Crippen molar-refractivity contribution in [2.24, 2.45) is 11.8 Å². The predicted octanol–water partition coefficient (Wildman–Crippen LogP) is 7.70. The van der Waals surface area contributed by atoms with Gasteiger partial charge in [0, 0.05) is 12.1 Å². The van der Waals surface area contributed by atoms with E-state index in [0.29, 0.717) is 18.1 Å². The van der Waals surface area contributed by atoms with Crippen LogP contribution < -0.4 is 9.47 Å². The molecule has 33 heavy (non-hydrogen) atoms. The van der Waals surface area contributed by atoms with Crippen LogP contribution in [0.1, 0.15) is 61.4 Å². The molecular weight excluding hydrogens is 443 g/mol. The zero-order chi connectivity index (χ0) is 24.0. The molecule has 8 heteroatoms. The van der Waals surface area contributed by atoms with Gasteiger partial charge < -0.3 is 9.47 Å². The first kappa shape index (κ1) is 24.7. The summed E-state index contributed by atoms with van der Waals surface area (Å²) >= 11 is 0. The molecule has 1 fully saturated rings. The summed E-state index contributed by atoms with van der Waals surface area (Å²) in [5, 5.41) is 0. The zero-order valence-electron chi connectivity index (χ0n) is 18.1.